The summed E-state index contributed by atoms with van der Waals surface area (Å²) < 4.78 is 75.0. The van der Waals surface area contributed by atoms with E-state index in [4.69, 9.17) is 56.8 Å². The summed E-state index contributed by atoms with van der Waals surface area (Å²) in [6, 6.07) is 0. The van der Waals surface area contributed by atoms with Crippen LogP contribution >= 0.6 is 0 Å². The molecule has 0 radical (unpaired) electrons. The lowest BCUT2D eigenvalue weighted by molar-refractivity contribution is -0.346. The first-order chi connectivity index (χ1) is 33.2. The van der Waals surface area contributed by atoms with Gasteiger partial charge in [-0.1, -0.05) is 31.6 Å². The van der Waals surface area contributed by atoms with Crippen LogP contribution in [0.4, 0.5) is 0 Å². The van der Waals surface area contributed by atoms with Gasteiger partial charge in [0.15, 0.2) is 25.2 Å². The zero-order chi connectivity index (χ0) is 50.6. The normalized spacial score (nSPS) is 49.8. The van der Waals surface area contributed by atoms with Crippen LogP contribution in [0.3, 0.4) is 0 Å². The lowest BCUT2D eigenvalue weighted by Crippen LogP contribution is -2.66. The van der Waals surface area contributed by atoms with Crippen LogP contribution < -0.4 is 0 Å². The summed E-state index contributed by atoms with van der Waals surface area (Å²) in [6.07, 6.45) is 0.405. The third-order valence-corrected chi connectivity index (χ3v) is 18.5. The van der Waals surface area contributed by atoms with Gasteiger partial charge in [-0.05, 0) is 111 Å². The Morgan fingerprint density at radius 1 is 0.686 bits per heavy atom. The SMILES string of the molecule is C/C=C(\C)C(=O)OC1CC2C(CC=C3CC(O[C@H]4C[C@@H](OC)[C@@H](O[C@H]5C[C@@H](OC)[C@@H](O[C@H]6C[C@@H](O)[C@@H](O[C@H]7C[C@@H](OC)[C@@H](O)C(C)O7)C(C)O6)C(C)O5)C(C)O4)CCC32C)C2(O)CCC(C(C)=O)C12C. The van der Waals surface area contributed by atoms with Crippen molar-refractivity contribution in [2.45, 2.75) is 249 Å². The molecule has 0 aromatic heterocycles. The second kappa shape index (κ2) is 21.7. The maximum absolute atomic E-state index is 13.3. The molecule has 24 atom stereocenters. The van der Waals surface area contributed by atoms with E-state index >= 15 is 0 Å². The average Bonchev–Trinajstić information content (AvgIpc) is 3.61. The first kappa shape index (κ1) is 54.3. The number of fused-ring (bicyclic) bond motifs is 5. The number of methoxy groups -OCH3 is 3. The summed E-state index contributed by atoms with van der Waals surface area (Å²) in [4.78, 5) is 26.5. The predicted molar refractivity (Wildman–Crippen MR) is 252 cm³/mol. The van der Waals surface area contributed by atoms with Crippen molar-refractivity contribution >= 4 is 11.8 Å². The molecule has 7 fully saturated rings. The summed E-state index contributed by atoms with van der Waals surface area (Å²) in [5.74, 6) is -0.738. The van der Waals surface area contributed by atoms with Gasteiger partial charge < -0.3 is 72.2 Å². The van der Waals surface area contributed by atoms with Crippen molar-refractivity contribution < 1.29 is 81.8 Å². The zero-order valence-corrected chi connectivity index (χ0v) is 43.6. The summed E-state index contributed by atoms with van der Waals surface area (Å²) in [5, 5.41) is 34.5. The van der Waals surface area contributed by atoms with Crippen LogP contribution in [0.15, 0.2) is 23.3 Å². The van der Waals surface area contributed by atoms with Gasteiger partial charge in [-0.25, -0.2) is 4.79 Å². The Labute approximate surface area is 414 Å². The van der Waals surface area contributed by atoms with E-state index in [1.165, 1.54) is 5.57 Å². The van der Waals surface area contributed by atoms with Gasteiger partial charge in [0.25, 0.3) is 0 Å². The van der Waals surface area contributed by atoms with Crippen LogP contribution in [0.5, 0.6) is 0 Å². The first-order valence-electron chi connectivity index (χ1n) is 26.1. The molecule has 398 valence electrons. The fourth-order valence-electron chi connectivity index (χ4n) is 14.2. The number of aliphatic hydroxyl groups excluding tert-OH is 2. The molecule has 0 spiro atoms. The van der Waals surface area contributed by atoms with Crippen molar-refractivity contribution in [2.24, 2.45) is 28.6 Å². The largest absolute Gasteiger partial charge is 0.458 e. The number of allylic oxidation sites excluding steroid dienone is 2. The van der Waals surface area contributed by atoms with Crippen LogP contribution in [-0.4, -0.2) is 165 Å². The summed E-state index contributed by atoms with van der Waals surface area (Å²) in [7, 11) is 4.85. The van der Waals surface area contributed by atoms with Crippen molar-refractivity contribution in [1.82, 2.24) is 0 Å². The van der Waals surface area contributed by atoms with E-state index in [0.717, 1.165) is 19.3 Å². The molecular weight excluding hydrogens is 909 g/mol. The smallest absolute Gasteiger partial charge is 0.333 e. The van der Waals surface area contributed by atoms with E-state index in [1.807, 2.05) is 34.6 Å². The van der Waals surface area contributed by atoms with Crippen molar-refractivity contribution in [3.05, 3.63) is 23.3 Å². The second-order valence-corrected chi connectivity index (χ2v) is 22.3. The third kappa shape index (κ3) is 10.1. The van der Waals surface area contributed by atoms with Gasteiger partial charge >= 0.3 is 5.97 Å². The number of carbonyl (C=O) groups is 2. The minimum Gasteiger partial charge on any atom is -0.458 e. The molecule has 4 aliphatic heterocycles. The zero-order valence-electron chi connectivity index (χ0n) is 43.6. The Morgan fingerprint density at radius 2 is 1.21 bits per heavy atom. The lowest BCUT2D eigenvalue weighted by Gasteiger charge is -2.63. The molecule has 0 aromatic rings. The van der Waals surface area contributed by atoms with E-state index in [9.17, 15) is 24.9 Å². The molecule has 4 saturated heterocycles. The Balaban J connectivity index is 0.850. The lowest BCUT2D eigenvalue weighted by atomic mass is 9.45. The number of rotatable bonds is 14. The van der Waals surface area contributed by atoms with E-state index in [0.29, 0.717) is 50.5 Å². The topological polar surface area (TPSA) is 206 Å². The van der Waals surface area contributed by atoms with Crippen LogP contribution in [0.2, 0.25) is 0 Å². The summed E-state index contributed by atoms with van der Waals surface area (Å²) in [5.41, 5.74) is -0.451. The van der Waals surface area contributed by atoms with E-state index in [-0.39, 0.29) is 47.6 Å². The van der Waals surface area contributed by atoms with Gasteiger partial charge in [0.2, 0.25) is 0 Å². The molecule has 4 aliphatic carbocycles. The number of ether oxygens (including phenoxy) is 12. The quantitative estimate of drug-likeness (QED) is 0.110. The highest BCUT2D eigenvalue weighted by Gasteiger charge is 2.71. The van der Waals surface area contributed by atoms with Crippen LogP contribution in [-0.2, 0) is 66.4 Å². The Bertz CT molecular complexity index is 1880. The van der Waals surface area contributed by atoms with Gasteiger partial charge in [0, 0.05) is 63.9 Å². The van der Waals surface area contributed by atoms with Gasteiger partial charge in [-0.3, -0.25) is 4.79 Å². The number of carbonyl (C=O) groups excluding carboxylic acids is 2. The molecule has 17 nitrogen and oxygen atoms in total. The van der Waals surface area contributed by atoms with Gasteiger partial charge in [-0.15, -0.1) is 0 Å². The molecule has 0 bridgehead atoms. The Hall–Kier alpha value is -1.94. The van der Waals surface area contributed by atoms with Gasteiger partial charge in [0.05, 0.1) is 60.5 Å². The summed E-state index contributed by atoms with van der Waals surface area (Å²) >= 11 is 0. The maximum atomic E-state index is 13.3. The van der Waals surface area contributed by atoms with Crippen LogP contribution in [0, 0.1) is 28.6 Å². The fraction of sp³-hybridized carbons (Fsp3) is 0.887. The van der Waals surface area contributed by atoms with Crippen molar-refractivity contribution in [1.29, 1.82) is 0 Å². The molecule has 4 heterocycles. The highest BCUT2D eigenvalue weighted by molar-refractivity contribution is 5.88. The van der Waals surface area contributed by atoms with E-state index in [1.54, 1.807) is 48.2 Å². The maximum Gasteiger partial charge on any atom is 0.333 e. The Morgan fingerprint density at radius 3 is 1.77 bits per heavy atom. The molecule has 70 heavy (non-hydrogen) atoms. The molecule has 8 aliphatic rings. The van der Waals surface area contributed by atoms with Crippen LogP contribution in [0.25, 0.3) is 0 Å². The van der Waals surface area contributed by atoms with Gasteiger partial charge in [0.1, 0.15) is 36.3 Å². The number of hydrogen-bond acceptors (Lipinski definition) is 17. The molecule has 8 rings (SSSR count). The minimum absolute atomic E-state index is 0.0387. The second-order valence-electron chi connectivity index (χ2n) is 22.3. The fourth-order valence-corrected chi connectivity index (χ4v) is 14.2. The van der Waals surface area contributed by atoms with E-state index in [2.05, 4.69) is 13.0 Å². The first-order valence-corrected chi connectivity index (χ1v) is 26.1. The van der Waals surface area contributed by atoms with Crippen molar-refractivity contribution in [3.63, 3.8) is 0 Å². The molecule has 0 amide bonds. The highest BCUT2D eigenvalue weighted by atomic mass is 16.8. The summed E-state index contributed by atoms with van der Waals surface area (Å²) in [6.45, 7) is 16.9. The molecule has 17 heteroatoms. The highest BCUT2D eigenvalue weighted by Crippen LogP contribution is 2.68. The monoisotopic (exact) mass is 993 g/mol. The standard InChI is InChI=1S/C53H84O17/c1-13-26(2)50(57)67-41-21-36-35(53(58)19-17-34(27(3)54)52(41,53)9)15-14-32-20-33(16-18-51(32,36)8)66-43-24-39(60-11)49(30(6)64-43)70-45-25-40(61-12)48(31(7)65-45)69-42-22-37(55)47(29(5)63-42)68-44-23-38(59-10)46(56)28(4)62-44/h13-14,28-31,33-49,55-56,58H,15-25H2,1-12H3/b26-13+/t28?,29?,30?,31?,33?,34?,35?,36?,37-,38-,39-,40-,41?,42+,43+,44+,45+,46+,47+,48+,49+,51?,52?,53?/m1/s1. The number of aliphatic hydroxyl groups is 3. The predicted octanol–water partition coefficient (Wildman–Crippen LogP) is 5.60. The van der Waals surface area contributed by atoms with Crippen molar-refractivity contribution in [3.8, 4) is 0 Å². The van der Waals surface area contributed by atoms with E-state index < -0.39 is 115 Å². The van der Waals surface area contributed by atoms with Gasteiger partial charge in [-0.2, -0.15) is 0 Å². The molecule has 3 N–H and O–H groups in total. The number of esters is 1. The minimum atomic E-state index is -1.15. The third-order valence-electron chi connectivity index (χ3n) is 18.5. The number of Topliss-reactive ketones (excluding diaryl/α,β-unsaturated/α-hetero) is 1. The number of hydrogen-bond donors (Lipinski definition) is 3. The molecule has 12 unspecified atom stereocenters. The van der Waals surface area contributed by atoms with Crippen LogP contribution in [0.1, 0.15) is 133 Å². The molecule has 0 aromatic carbocycles. The van der Waals surface area contributed by atoms with Crippen molar-refractivity contribution in [2.75, 3.05) is 21.3 Å². The number of ketones is 1. The average molecular weight is 993 g/mol. The Kier molecular flexibility index (Phi) is 16.9. The molecule has 3 saturated carbocycles. The molecular formula is C53H84O17.